The van der Waals surface area contributed by atoms with Gasteiger partial charge in [0.15, 0.2) is 0 Å². The molecular weight excluding hydrogens is 400 g/mol. The number of carbonyl (C=O) groups is 1. The Balaban J connectivity index is 1.94. The van der Waals surface area contributed by atoms with Crippen LogP contribution in [0.1, 0.15) is 18.0 Å². The highest BCUT2D eigenvalue weighted by Gasteiger charge is 2.19. The van der Waals surface area contributed by atoms with Gasteiger partial charge in [-0.15, -0.1) is 0 Å². The summed E-state index contributed by atoms with van der Waals surface area (Å²) in [5.41, 5.74) is -0.188. The average Bonchev–Trinajstić information content (AvgIpc) is 2.60. The molecule has 10 heteroatoms. The van der Waals surface area contributed by atoms with Crippen LogP contribution in [-0.2, 0) is 14.8 Å². The molecule has 0 spiro atoms. The number of halogens is 3. The molecule has 0 aliphatic rings. The van der Waals surface area contributed by atoms with Gasteiger partial charge in [0, 0.05) is 29.6 Å². The summed E-state index contributed by atoms with van der Waals surface area (Å²) in [5, 5.41) is 11.6. The number of rotatable bonds is 7. The highest BCUT2D eigenvalue weighted by Crippen LogP contribution is 2.18. The van der Waals surface area contributed by atoms with E-state index in [1.165, 1.54) is 24.3 Å². The number of hydrogen-bond donors (Lipinski definition) is 2. The Morgan fingerprint density at radius 2 is 1.96 bits per heavy atom. The Morgan fingerprint density at radius 1 is 1.22 bits per heavy atom. The smallest absolute Gasteiger partial charge is 0.240 e. The van der Waals surface area contributed by atoms with Crippen LogP contribution in [0.3, 0.4) is 0 Å². The third-order valence-corrected chi connectivity index (χ3v) is 5.15. The van der Waals surface area contributed by atoms with Gasteiger partial charge < -0.3 is 5.32 Å². The van der Waals surface area contributed by atoms with Crippen LogP contribution in [0.2, 0.25) is 5.02 Å². The van der Waals surface area contributed by atoms with Crippen molar-refractivity contribution in [1.82, 2.24) is 10.0 Å². The van der Waals surface area contributed by atoms with E-state index in [-0.39, 0.29) is 28.4 Å². The summed E-state index contributed by atoms with van der Waals surface area (Å²) in [6, 6.07) is 8.58. The lowest BCUT2D eigenvalue weighted by atomic mass is 10.1. The summed E-state index contributed by atoms with van der Waals surface area (Å²) in [4.78, 5) is 11.9. The van der Waals surface area contributed by atoms with E-state index in [0.717, 1.165) is 12.1 Å². The lowest BCUT2D eigenvalue weighted by molar-refractivity contribution is -0.121. The number of benzene rings is 2. The topological polar surface area (TPSA) is 99.1 Å². The van der Waals surface area contributed by atoms with E-state index in [4.69, 9.17) is 16.9 Å². The largest absolute Gasteiger partial charge is 0.337 e. The van der Waals surface area contributed by atoms with Crippen molar-refractivity contribution in [3.8, 4) is 6.07 Å². The number of sulfonamides is 1. The third-order valence-electron chi connectivity index (χ3n) is 3.46. The first-order valence-electron chi connectivity index (χ1n) is 7.62. The second-order valence-electron chi connectivity index (χ2n) is 5.40. The number of amides is 1. The molecule has 1 atom stereocenters. The molecule has 2 N–H and O–H groups in total. The predicted molar refractivity (Wildman–Crippen MR) is 94.1 cm³/mol. The van der Waals surface area contributed by atoms with Crippen LogP contribution in [-0.4, -0.2) is 20.9 Å². The molecule has 0 heterocycles. The van der Waals surface area contributed by atoms with Crippen LogP contribution in [0.5, 0.6) is 0 Å². The Labute approximate surface area is 159 Å². The third kappa shape index (κ3) is 5.72. The maximum atomic E-state index is 13.7. The molecule has 0 aromatic heterocycles. The zero-order valence-electron chi connectivity index (χ0n) is 13.7. The molecule has 142 valence electrons. The standard InChI is InChI=1S/C17H14ClF2N3O3S/c18-11-2-1-3-13(8-11)27(25,26)22-7-6-17(24)23-16(10-21)14-5-4-12(19)9-15(14)20/h1-5,8-9,16,22H,6-7H2,(H,23,24). The van der Waals surface area contributed by atoms with E-state index in [9.17, 15) is 22.0 Å². The van der Waals surface area contributed by atoms with Gasteiger partial charge in [-0.2, -0.15) is 5.26 Å². The first-order chi connectivity index (χ1) is 12.7. The number of nitrogens with zero attached hydrogens (tertiary/aromatic N) is 1. The first kappa shape index (κ1) is 20.8. The molecule has 0 bridgehead atoms. The maximum Gasteiger partial charge on any atom is 0.240 e. The van der Waals surface area contributed by atoms with Gasteiger partial charge in [-0.25, -0.2) is 21.9 Å². The van der Waals surface area contributed by atoms with Crippen molar-refractivity contribution >= 4 is 27.5 Å². The molecular formula is C17H14ClF2N3O3S. The van der Waals surface area contributed by atoms with Crippen molar-refractivity contribution in [3.05, 3.63) is 64.7 Å². The summed E-state index contributed by atoms with van der Waals surface area (Å²) < 4.78 is 53.1. The van der Waals surface area contributed by atoms with E-state index in [2.05, 4.69) is 10.0 Å². The van der Waals surface area contributed by atoms with Crippen LogP contribution < -0.4 is 10.0 Å². The van der Waals surface area contributed by atoms with Gasteiger partial charge in [0.1, 0.15) is 17.7 Å². The lowest BCUT2D eigenvalue weighted by Gasteiger charge is -2.13. The van der Waals surface area contributed by atoms with Crippen molar-refractivity contribution in [2.24, 2.45) is 0 Å². The van der Waals surface area contributed by atoms with Gasteiger partial charge in [0.05, 0.1) is 11.0 Å². The van der Waals surface area contributed by atoms with E-state index in [1.807, 2.05) is 0 Å². The molecule has 0 fully saturated rings. The zero-order valence-corrected chi connectivity index (χ0v) is 15.3. The Bertz CT molecular complexity index is 993. The molecule has 0 saturated carbocycles. The molecule has 2 aromatic carbocycles. The van der Waals surface area contributed by atoms with Gasteiger partial charge in [0.2, 0.25) is 15.9 Å². The fourth-order valence-corrected chi connectivity index (χ4v) is 3.50. The normalized spacial score (nSPS) is 12.2. The molecule has 6 nitrogen and oxygen atoms in total. The van der Waals surface area contributed by atoms with Gasteiger partial charge in [-0.05, 0) is 24.3 Å². The summed E-state index contributed by atoms with van der Waals surface area (Å²) in [6.07, 6.45) is -0.291. The Kier molecular flexibility index (Phi) is 6.85. The lowest BCUT2D eigenvalue weighted by Crippen LogP contribution is -2.32. The molecule has 2 rings (SSSR count). The van der Waals surface area contributed by atoms with E-state index >= 15 is 0 Å². The monoisotopic (exact) mass is 413 g/mol. The SMILES string of the molecule is N#CC(NC(=O)CCNS(=O)(=O)c1cccc(Cl)c1)c1ccc(F)cc1F. The van der Waals surface area contributed by atoms with Crippen molar-refractivity contribution < 1.29 is 22.0 Å². The minimum absolute atomic E-state index is 0.0568. The summed E-state index contributed by atoms with van der Waals surface area (Å²) >= 11 is 5.75. The fourth-order valence-electron chi connectivity index (χ4n) is 2.16. The number of nitrogens with one attached hydrogen (secondary N) is 2. The number of hydrogen-bond acceptors (Lipinski definition) is 4. The highest BCUT2D eigenvalue weighted by molar-refractivity contribution is 7.89. The van der Waals surface area contributed by atoms with Gasteiger partial charge in [0.25, 0.3) is 0 Å². The second kappa shape index (κ2) is 8.90. The Hall–Kier alpha value is -2.54. The Morgan fingerprint density at radius 3 is 2.59 bits per heavy atom. The quantitative estimate of drug-likeness (QED) is 0.728. The van der Waals surface area contributed by atoms with Gasteiger partial charge >= 0.3 is 0 Å². The summed E-state index contributed by atoms with van der Waals surface area (Å²) in [5.74, 6) is -2.46. The average molecular weight is 414 g/mol. The first-order valence-corrected chi connectivity index (χ1v) is 9.48. The maximum absolute atomic E-state index is 13.7. The van der Waals surface area contributed by atoms with Crippen LogP contribution in [0.25, 0.3) is 0 Å². The van der Waals surface area contributed by atoms with Crippen LogP contribution >= 0.6 is 11.6 Å². The predicted octanol–water partition coefficient (Wildman–Crippen LogP) is 2.67. The van der Waals surface area contributed by atoms with Crippen molar-refractivity contribution in [1.29, 1.82) is 5.26 Å². The molecule has 0 radical (unpaired) electrons. The second-order valence-corrected chi connectivity index (χ2v) is 7.60. The molecule has 1 unspecified atom stereocenters. The summed E-state index contributed by atoms with van der Waals surface area (Å²) in [6.45, 7) is -0.245. The van der Waals surface area contributed by atoms with E-state index in [1.54, 1.807) is 6.07 Å². The molecule has 27 heavy (non-hydrogen) atoms. The number of nitriles is 1. The van der Waals surface area contributed by atoms with Crippen molar-refractivity contribution in [2.75, 3.05) is 6.54 Å². The van der Waals surface area contributed by atoms with Crippen LogP contribution in [0, 0.1) is 23.0 Å². The minimum atomic E-state index is -3.86. The van der Waals surface area contributed by atoms with E-state index < -0.39 is 33.6 Å². The zero-order chi connectivity index (χ0) is 20.0. The molecule has 1 amide bonds. The molecule has 2 aromatic rings. The molecule has 0 aliphatic heterocycles. The van der Waals surface area contributed by atoms with Crippen molar-refractivity contribution in [3.63, 3.8) is 0 Å². The number of carbonyl (C=O) groups excluding carboxylic acids is 1. The van der Waals surface area contributed by atoms with Gasteiger partial charge in [-0.3, -0.25) is 4.79 Å². The minimum Gasteiger partial charge on any atom is -0.337 e. The fraction of sp³-hybridized carbons (Fsp3) is 0.176. The van der Waals surface area contributed by atoms with E-state index in [0.29, 0.717) is 6.07 Å². The molecule has 0 saturated heterocycles. The molecule has 0 aliphatic carbocycles. The van der Waals surface area contributed by atoms with Crippen LogP contribution in [0.4, 0.5) is 8.78 Å². The summed E-state index contributed by atoms with van der Waals surface area (Å²) in [7, 11) is -3.86. The van der Waals surface area contributed by atoms with Gasteiger partial charge in [-0.1, -0.05) is 23.7 Å². The van der Waals surface area contributed by atoms with Crippen molar-refractivity contribution in [2.45, 2.75) is 17.4 Å². The van der Waals surface area contributed by atoms with Crippen LogP contribution in [0.15, 0.2) is 47.4 Å². The highest BCUT2D eigenvalue weighted by atomic mass is 35.5.